The average Bonchev–Trinajstić information content (AvgIpc) is 2.60. The molecule has 0 aromatic rings. The van der Waals surface area contributed by atoms with Gasteiger partial charge in [-0.15, -0.1) is 0 Å². The molecule has 0 unspecified atom stereocenters. The second-order valence-corrected chi connectivity index (χ2v) is 4.82. The highest BCUT2D eigenvalue weighted by Gasteiger charge is 2.52. The molecule has 2 bridgehead atoms. The first-order valence-electron chi connectivity index (χ1n) is 5.12. The topological polar surface area (TPSA) is 26.0 Å². The Morgan fingerprint density at radius 2 is 1.73 bits per heavy atom. The first-order chi connectivity index (χ1) is 5.36. The van der Waals surface area contributed by atoms with E-state index >= 15 is 0 Å². The summed E-state index contributed by atoms with van der Waals surface area (Å²) in [5.41, 5.74) is 6.11. The largest absolute Gasteiger partial charge is 0.327 e. The van der Waals surface area contributed by atoms with Crippen molar-refractivity contribution in [2.75, 3.05) is 0 Å². The van der Waals surface area contributed by atoms with Crippen LogP contribution >= 0.6 is 0 Å². The Kier molecular flexibility index (Phi) is 1.18. The lowest BCUT2D eigenvalue weighted by Gasteiger charge is -2.26. The van der Waals surface area contributed by atoms with Crippen molar-refractivity contribution in [3.05, 3.63) is 0 Å². The molecular formula is C10H17N. The van der Waals surface area contributed by atoms with Crippen molar-refractivity contribution in [1.82, 2.24) is 0 Å². The van der Waals surface area contributed by atoms with E-state index in [4.69, 9.17) is 5.73 Å². The summed E-state index contributed by atoms with van der Waals surface area (Å²) in [7, 11) is 0. The van der Waals surface area contributed by atoms with Crippen LogP contribution in [0.15, 0.2) is 0 Å². The summed E-state index contributed by atoms with van der Waals surface area (Å²) in [6, 6.07) is 0.579. The number of hydrogen-bond acceptors (Lipinski definition) is 1. The summed E-state index contributed by atoms with van der Waals surface area (Å²) in [6.07, 6.45) is 7.33. The van der Waals surface area contributed by atoms with Crippen LogP contribution in [0.25, 0.3) is 0 Å². The lowest BCUT2D eigenvalue weighted by Crippen LogP contribution is -2.31. The molecular weight excluding hydrogens is 134 g/mol. The molecule has 0 saturated heterocycles. The van der Waals surface area contributed by atoms with E-state index in [9.17, 15) is 0 Å². The van der Waals surface area contributed by atoms with Crippen LogP contribution in [0.1, 0.15) is 32.1 Å². The molecule has 5 atom stereocenters. The van der Waals surface area contributed by atoms with E-state index in [-0.39, 0.29) is 0 Å². The van der Waals surface area contributed by atoms with E-state index in [0.717, 1.165) is 23.7 Å². The summed E-state index contributed by atoms with van der Waals surface area (Å²) in [4.78, 5) is 0. The van der Waals surface area contributed by atoms with E-state index in [1.54, 1.807) is 0 Å². The molecule has 3 saturated carbocycles. The molecule has 0 amide bonds. The van der Waals surface area contributed by atoms with Gasteiger partial charge in [0.2, 0.25) is 0 Å². The number of fused-ring (bicyclic) bond motifs is 5. The molecule has 0 radical (unpaired) electrons. The predicted octanol–water partition coefficient (Wildman–Crippen LogP) is 1.77. The Bertz CT molecular complexity index is 178. The van der Waals surface area contributed by atoms with Crippen LogP contribution in [0.5, 0.6) is 0 Å². The molecule has 3 aliphatic rings. The minimum atomic E-state index is 0.579. The number of rotatable bonds is 0. The Morgan fingerprint density at radius 1 is 0.909 bits per heavy atom. The van der Waals surface area contributed by atoms with Gasteiger partial charge >= 0.3 is 0 Å². The highest BCUT2D eigenvalue weighted by atomic mass is 14.7. The molecule has 11 heavy (non-hydrogen) atoms. The standard InChI is InChI=1S/C10H17N/c11-9-4-3-8-6-1-2-7(5-6)10(8)9/h6-10H,1-5,11H2/t6-,7+,8-,9-,10+/m1/s1. The van der Waals surface area contributed by atoms with Crippen LogP contribution < -0.4 is 5.73 Å². The fraction of sp³-hybridized carbons (Fsp3) is 1.00. The van der Waals surface area contributed by atoms with Gasteiger partial charge in [0.05, 0.1) is 0 Å². The quantitative estimate of drug-likeness (QED) is 0.561. The monoisotopic (exact) mass is 151 g/mol. The van der Waals surface area contributed by atoms with E-state index in [1.165, 1.54) is 32.1 Å². The smallest absolute Gasteiger partial charge is 0.00726 e. The van der Waals surface area contributed by atoms with Crippen molar-refractivity contribution in [2.45, 2.75) is 38.1 Å². The van der Waals surface area contributed by atoms with Gasteiger partial charge in [0.25, 0.3) is 0 Å². The van der Waals surface area contributed by atoms with Crippen LogP contribution in [0, 0.1) is 23.7 Å². The molecule has 0 aromatic heterocycles. The fourth-order valence-corrected chi connectivity index (χ4v) is 4.13. The molecule has 62 valence electrons. The third-order valence-corrected chi connectivity index (χ3v) is 4.49. The van der Waals surface area contributed by atoms with Crippen molar-refractivity contribution in [3.8, 4) is 0 Å². The predicted molar refractivity (Wildman–Crippen MR) is 45.0 cm³/mol. The third-order valence-electron chi connectivity index (χ3n) is 4.49. The maximum Gasteiger partial charge on any atom is 0.00726 e. The second-order valence-electron chi connectivity index (χ2n) is 4.82. The molecule has 2 N–H and O–H groups in total. The zero-order valence-electron chi connectivity index (χ0n) is 7.00. The summed E-state index contributed by atoms with van der Waals surface area (Å²) in [6.45, 7) is 0. The van der Waals surface area contributed by atoms with Crippen LogP contribution in [0.3, 0.4) is 0 Å². The molecule has 1 nitrogen and oxygen atoms in total. The van der Waals surface area contributed by atoms with Gasteiger partial charge in [-0.05, 0) is 55.8 Å². The lowest BCUT2D eigenvalue weighted by atomic mass is 9.80. The van der Waals surface area contributed by atoms with Crippen molar-refractivity contribution in [3.63, 3.8) is 0 Å². The highest BCUT2D eigenvalue weighted by Crippen LogP contribution is 2.58. The normalized spacial score (nSPS) is 60.3. The van der Waals surface area contributed by atoms with Gasteiger partial charge in [-0.1, -0.05) is 0 Å². The fourth-order valence-electron chi connectivity index (χ4n) is 4.13. The summed E-state index contributed by atoms with van der Waals surface area (Å²) >= 11 is 0. The zero-order chi connectivity index (χ0) is 7.42. The average molecular weight is 151 g/mol. The first-order valence-corrected chi connectivity index (χ1v) is 5.12. The van der Waals surface area contributed by atoms with Crippen molar-refractivity contribution >= 4 is 0 Å². The summed E-state index contributed by atoms with van der Waals surface area (Å²) in [5, 5.41) is 0. The van der Waals surface area contributed by atoms with E-state index < -0.39 is 0 Å². The van der Waals surface area contributed by atoms with Gasteiger partial charge < -0.3 is 5.73 Å². The lowest BCUT2D eigenvalue weighted by molar-refractivity contribution is 0.244. The van der Waals surface area contributed by atoms with Crippen molar-refractivity contribution in [2.24, 2.45) is 29.4 Å². The highest BCUT2D eigenvalue weighted by molar-refractivity contribution is 5.03. The first kappa shape index (κ1) is 6.47. The second kappa shape index (κ2) is 2.01. The number of nitrogens with two attached hydrogens (primary N) is 1. The van der Waals surface area contributed by atoms with Gasteiger partial charge in [-0.2, -0.15) is 0 Å². The Balaban J connectivity index is 1.91. The molecule has 0 aromatic carbocycles. The van der Waals surface area contributed by atoms with Gasteiger partial charge in [-0.25, -0.2) is 0 Å². The molecule has 3 fully saturated rings. The van der Waals surface area contributed by atoms with Gasteiger partial charge in [-0.3, -0.25) is 0 Å². The van der Waals surface area contributed by atoms with Gasteiger partial charge in [0.1, 0.15) is 0 Å². The minimum Gasteiger partial charge on any atom is -0.327 e. The van der Waals surface area contributed by atoms with Crippen LogP contribution in [0.4, 0.5) is 0 Å². The summed E-state index contributed by atoms with van der Waals surface area (Å²) < 4.78 is 0. The zero-order valence-corrected chi connectivity index (χ0v) is 7.00. The maximum atomic E-state index is 6.11. The molecule has 1 heteroatoms. The molecule has 0 aliphatic heterocycles. The van der Waals surface area contributed by atoms with Gasteiger partial charge in [0, 0.05) is 6.04 Å². The third kappa shape index (κ3) is 0.703. The Labute approximate surface area is 68.3 Å². The Morgan fingerprint density at radius 3 is 2.55 bits per heavy atom. The molecule has 0 spiro atoms. The van der Waals surface area contributed by atoms with E-state index in [2.05, 4.69) is 0 Å². The van der Waals surface area contributed by atoms with Crippen molar-refractivity contribution < 1.29 is 0 Å². The van der Waals surface area contributed by atoms with Crippen LogP contribution in [0.2, 0.25) is 0 Å². The van der Waals surface area contributed by atoms with E-state index in [1.807, 2.05) is 0 Å². The maximum absolute atomic E-state index is 6.11. The van der Waals surface area contributed by atoms with E-state index in [0.29, 0.717) is 6.04 Å². The SMILES string of the molecule is N[C@@H]1CC[C@@H]2[C@@H]3CC[C@@H](C3)[C@@H]21. The van der Waals surface area contributed by atoms with Crippen LogP contribution in [-0.4, -0.2) is 6.04 Å². The van der Waals surface area contributed by atoms with Gasteiger partial charge in [0.15, 0.2) is 0 Å². The van der Waals surface area contributed by atoms with Crippen molar-refractivity contribution in [1.29, 1.82) is 0 Å². The Hall–Kier alpha value is -0.0400. The number of hydrogen-bond donors (Lipinski definition) is 1. The molecule has 3 rings (SSSR count). The van der Waals surface area contributed by atoms with Crippen LogP contribution in [-0.2, 0) is 0 Å². The summed E-state index contributed by atoms with van der Waals surface area (Å²) in [5.74, 6) is 4.15. The molecule has 0 heterocycles. The molecule has 3 aliphatic carbocycles. The minimum absolute atomic E-state index is 0.579.